The first-order valence-electron chi connectivity index (χ1n) is 5.69. The average molecular weight is 223 g/mol. The molecule has 1 aromatic heterocycles. The summed E-state index contributed by atoms with van der Waals surface area (Å²) in [5.41, 5.74) is 0. The maximum atomic E-state index is 4.37. The van der Waals surface area contributed by atoms with Crippen LogP contribution in [0.25, 0.3) is 0 Å². The Balaban J connectivity index is 2.33. The van der Waals surface area contributed by atoms with E-state index in [1.165, 1.54) is 0 Å². The summed E-state index contributed by atoms with van der Waals surface area (Å²) in [6.07, 6.45) is 2.93. The summed E-state index contributed by atoms with van der Waals surface area (Å²) in [6, 6.07) is 1.88. The van der Waals surface area contributed by atoms with Crippen LogP contribution >= 0.6 is 0 Å². The molecule has 1 aromatic rings. The highest BCUT2D eigenvalue weighted by Gasteiger charge is 1.99. The summed E-state index contributed by atoms with van der Waals surface area (Å²) < 4.78 is 0. The number of nitrogens with one attached hydrogen (secondary N) is 2. The van der Waals surface area contributed by atoms with Gasteiger partial charge in [-0.2, -0.15) is 4.98 Å². The fraction of sp³-hybridized carbons (Fsp3) is 0.636. The van der Waals surface area contributed by atoms with Gasteiger partial charge in [-0.3, -0.25) is 0 Å². The number of rotatable bonds is 7. The van der Waals surface area contributed by atoms with Crippen LogP contribution in [-0.4, -0.2) is 43.7 Å². The largest absolute Gasteiger partial charge is 0.369 e. The van der Waals surface area contributed by atoms with E-state index in [0.717, 1.165) is 37.8 Å². The predicted octanol–water partition coefficient (Wildman–Crippen LogP) is 0.954. The lowest BCUT2D eigenvalue weighted by atomic mass is 10.4. The molecule has 0 spiro atoms. The molecule has 5 heteroatoms. The number of aromatic nitrogens is 2. The SMILES string of the molecule is CCCNCCNc1ccnc(N(C)C)n1. The quantitative estimate of drug-likeness (QED) is 0.674. The molecular weight excluding hydrogens is 202 g/mol. The molecule has 0 unspecified atom stereocenters. The molecule has 0 radical (unpaired) electrons. The van der Waals surface area contributed by atoms with Crippen LogP contribution in [0.15, 0.2) is 12.3 Å². The molecule has 0 saturated heterocycles. The summed E-state index contributed by atoms with van der Waals surface area (Å²) in [6.45, 7) is 5.06. The zero-order valence-electron chi connectivity index (χ0n) is 10.3. The molecule has 0 saturated carbocycles. The molecule has 0 aliphatic rings. The van der Waals surface area contributed by atoms with Crippen molar-refractivity contribution in [2.45, 2.75) is 13.3 Å². The van der Waals surface area contributed by atoms with Gasteiger partial charge in [0.2, 0.25) is 5.95 Å². The predicted molar refractivity (Wildman–Crippen MR) is 68.0 cm³/mol. The number of hydrogen-bond acceptors (Lipinski definition) is 5. The van der Waals surface area contributed by atoms with Gasteiger partial charge in [0, 0.05) is 33.4 Å². The van der Waals surface area contributed by atoms with E-state index in [1.54, 1.807) is 6.20 Å². The van der Waals surface area contributed by atoms with Crippen molar-refractivity contribution in [3.05, 3.63) is 12.3 Å². The highest BCUT2D eigenvalue weighted by Crippen LogP contribution is 2.06. The van der Waals surface area contributed by atoms with Gasteiger partial charge in [0.25, 0.3) is 0 Å². The Kier molecular flexibility index (Phi) is 5.56. The van der Waals surface area contributed by atoms with Crippen molar-refractivity contribution < 1.29 is 0 Å². The third-order valence-electron chi connectivity index (χ3n) is 2.08. The molecule has 0 amide bonds. The van der Waals surface area contributed by atoms with Crippen LogP contribution in [0.1, 0.15) is 13.3 Å². The van der Waals surface area contributed by atoms with E-state index in [2.05, 4.69) is 27.5 Å². The Morgan fingerprint density at radius 3 is 2.75 bits per heavy atom. The Morgan fingerprint density at radius 2 is 2.06 bits per heavy atom. The molecule has 0 fully saturated rings. The van der Waals surface area contributed by atoms with E-state index in [-0.39, 0.29) is 0 Å². The van der Waals surface area contributed by atoms with Crippen LogP contribution in [0, 0.1) is 0 Å². The molecule has 0 aromatic carbocycles. The van der Waals surface area contributed by atoms with Gasteiger partial charge < -0.3 is 15.5 Å². The molecule has 90 valence electrons. The summed E-state index contributed by atoms with van der Waals surface area (Å²) >= 11 is 0. The van der Waals surface area contributed by atoms with E-state index >= 15 is 0 Å². The van der Waals surface area contributed by atoms with Crippen LogP contribution in [0.5, 0.6) is 0 Å². The molecular formula is C11H21N5. The van der Waals surface area contributed by atoms with Gasteiger partial charge >= 0.3 is 0 Å². The van der Waals surface area contributed by atoms with Gasteiger partial charge in [0.05, 0.1) is 0 Å². The summed E-state index contributed by atoms with van der Waals surface area (Å²) in [7, 11) is 3.86. The van der Waals surface area contributed by atoms with E-state index in [1.807, 2.05) is 25.1 Å². The molecule has 2 N–H and O–H groups in total. The zero-order valence-corrected chi connectivity index (χ0v) is 10.3. The first kappa shape index (κ1) is 12.7. The minimum absolute atomic E-state index is 0.728. The van der Waals surface area contributed by atoms with E-state index in [9.17, 15) is 0 Å². The molecule has 0 atom stereocenters. The van der Waals surface area contributed by atoms with Crippen molar-refractivity contribution in [2.24, 2.45) is 0 Å². The molecule has 16 heavy (non-hydrogen) atoms. The summed E-state index contributed by atoms with van der Waals surface area (Å²) in [5, 5.41) is 6.58. The third kappa shape index (κ3) is 4.44. The van der Waals surface area contributed by atoms with Gasteiger partial charge in [0.1, 0.15) is 5.82 Å². The third-order valence-corrected chi connectivity index (χ3v) is 2.08. The fourth-order valence-corrected chi connectivity index (χ4v) is 1.24. The van der Waals surface area contributed by atoms with E-state index in [4.69, 9.17) is 0 Å². The Labute approximate surface area is 97.3 Å². The van der Waals surface area contributed by atoms with Crippen molar-refractivity contribution in [1.82, 2.24) is 15.3 Å². The van der Waals surface area contributed by atoms with Crippen LogP contribution in [0.4, 0.5) is 11.8 Å². The summed E-state index contributed by atoms with van der Waals surface area (Å²) in [5.74, 6) is 1.60. The van der Waals surface area contributed by atoms with Crippen LogP contribution in [0.3, 0.4) is 0 Å². The van der Waals surface area contributed by atoms with Crippen molar-refractivity contribution in [3.63, 3.8) is 0 Å². The second kappa shape index (κ2) is 7.00. The van der Waals surface area contributed by atoms with Crippen molar-refractivity contribution >= 4 is 11.8 Å². The molecule has 5 nitrogen and oxygen atoms in total. The van der Waals surface area contributed by atoms with Crippen molar-refractivity contribution in [2.75, 3.05) is 43.9 Å². The normalized spacial score (nSPS) is 10.2. The first-order valence-corrected chi connectivity index (χ1v) is 5.69. The molecule has 0 aliphatic heterocycles. The smallest absolute Gasteiger partial charge is 0.226 e. The topological polar surface area (TPSA) is 53.1 Å². The van der Waals surface area contributed by atoms with E-state index in [0.29, 0.717) is 0 Å². The second-order valence-electron chi connectivity index (χ2n) is 3.81. The van der Waals surface area contributed by atoms with Gasteiger partial charge in [-0.1, -0.05) is 6.92 Å². The molecule has 1 rings (SSSR count). The monoisotopic (exact) mass is 223 g/mol. The van der Waals surface area contributed by atoms with Crippen LogP contribution in [0.2, 0.25) is 0 Å². The van der Waals surface area contributed by atoms with E-state index < -0.39 is 0 Å². The first-order chi connectivity index (χ1) is 7.74. The Morgan fingerprint density at radius 1 is 1.25 bits per heavy atom. The highest BCUT2D eigenvalue weighted by molar-refractivity contribution is 5.40. The van der Waals surface area contributed by atoms with Gasteiger partial charge in [-0.25, -0.2) is 4.98 Å². The number of anilines is 2. The minimum Gasteiger partial charge on any atom is -0.369 e. The fourth-order valence-electron chi connectivity index (χ4n) is 1.24. The lowest BCUT2D eigenvalue weighted by molar-refractivity contribution is 0.687. The standard InChI is InChI=1S/C11H21N5/c1-4-6-12-8-9-13-10-5-7-14-11(15-10)16(2)3/h5,7,12H,4,6,8-9H2,1-3H3,(H,13,14,15). The Hall–Kier alpha value is -1.36. The zero-order chi connectivity index (χ0) is 11.8. The van der Waals surface area contributed by atoms with Crippen LogP contribution < -0.4 is 15.5 Å². The van der Waals surface area contributed by atoms with Crippen molar-refractivity contribution in [3.8, 4) is 0 Å². The maximum absolute atomic E-state index is 4.37. The Bertz CT molecular complexity index is 300. The summed E-state index contributed by atoms with van der Waals surface area (Å²) in [4.78, 5) is 10.4. The van der Waals surface area contributed by atoms with Crippen molar-refractivity contribution in [1.29, 1.82) is 0 Å². The number of nitrogens with zero attached hydrogens (tertiary/aromatic N) is 3. The average Bonchev–Trinajstić information content (AvgIpc) is 2.29. The van der Waals surface area contributed by atoms with Gasteiger partial charge in [-0.05, 0) is 19.0 Å². The molecule has 0 bridgehead atoms. The number of hydrogen-bond donors (Lipinski definition) is 2. The molecule has 1 heterocycles. The lowest BCUT2D eigenvalue weighted by Gasteiger charge is -2.11. The van der Waals surface area contributed by atoms with Gasteiger partial charge in [-0.15, -0.1) is 0 Å². The van der Waals surface area contributed by atoms with Gasteiger partial charge in [0.15, 0.2) is 0 Å². The lowest BCUT2D eigenvalue weighted by Crippen LogP contribution is -2.23. The maximum Gasteiger partial charge on any atom is 0.226 e. The molecule has 0 aliphatic carbocycles. The minimum atomic E-state index is 0.728. The highest BCUT2D eigenvalue weighted by atomic mass is 15.2. The van der Waals surface area contributed by atoms with Crippen LogP contribution in [-0.2, 0) is 0 Å². The second-order valence-corrected chi connectivity index (χ2v) is 3.81.